The van der Waals surface area contributed by atoms with Crippen LogP contribution in [-0.4, -0.2) is 40.1 Å². The Labute approximate surface area is 162 Å². The number of thiocarbonyl (C=S) groups is 1. The number of hydrogen-bond acceptors (Lipinski definition) is 2. The molecule has 0 heterocycles. The van der Waals surface area contributed by atoms with Crippen LogP contribution in [0.1, 0.15) is 0 Å². The third kappa shape index (κ3) is 3.93. The van der Waals surface area contributed by atoms with Crippen LogP contribution in [0.15, 0.2) is 91.0 Å². The Kier molecular flexibility index (Phi) is 6.19. The Morgan fingerprint density at radius 2 is 1.00 bits per heavy atom. The fourth-order valence-corrected chi connectivity index (χ4v) is 20.0. The molecular formula is C21H21NS2Te. The monoisotopic (exact) mass is 481 g/mol. The van der Waals surface area contributed by atoms with Crippen molar-refractivity contribution in [2.75, 3.05) is 14.1 Å². The second-order valence-corrected chi connectivity index (χ2v) is 18.9. The van der Waals surface area contributed by atoms with Crippen LogP contribution >= 0.6 is 21.2 Å². The Morgan fingerprint density at radius 3 is 1.28 bits per heavy atom. The van der Waals surface area contributed by atoms with E-state index in [4.69, 9.17) is 12.2 Å². The molecule has 0 aliphatic heterocycles. The molecule has 4 heteroatoms. The topological polar surface area (TPSA) is 3.24 Å². The van der Waals surface area contributed by atoms with Crippen LogP contribution in [0, 0.1) is 0 Å². The van der Waals surface area contributed by atoms with E-state index in [9.17, 15) is 0 Å². The van der Waals surface area contributed by atoms with Gasteiger partial charge >= 0.3 is 163 Å². The van der Waals surface area contributed by atoms with Gasteiger partial charge in [0.1, 0.15) is 0 Å². The fourth-order valence-electron chi connectivity index (χ4n) is 2.57. The third-order valence-electron chi connectivity index (χ3n) is 3.79. The summed E-state index contributed by atoms with van der Waals surface area (Å²) in [6.45, 7) is 0. The van der Waals surface area contributed by atoms with Crippen LogP contribution < -0.4 is 10.8 Å². The third-order valence-corrected chi connectivity index (χ3v) is 21.5. The Hall–Kier alpha value is -1.31. The zero-order valence-electron chi connectivity index (χ0n) is 14.3. The molecule has 0 aliphatic rings. The van der Waals surface area contributed by atoms with Crippen molar-refractivity contribution < 1.29 is 0 Å². The normalized spacial score (nSPS) is 11.8. The van der Waals surface area contributed by atoms with Gasteiger partial charge < -0.3 is 0 Å². The van der Waals surface area contributed by atoms with Crippen molar-refractivity contribution in [3.8, 4) is 0 Å². The molecule has 3 rings (SSSR count). The van der Waals surface area contributed by atoms with E-state index in [1.807, 2.05) is 23.1 Å². The van der Waals surface area contributed by atoms with Crippen molar-refractivity contribution in [1.82, 2.24) is 4.90 Å². The quantitative estimate of drug-likeness (QED) is 0.418. The van der Waals surface area contributed by atoms with Gasteiger partial charge in [-0.15, -0.1) is 0 Å². The predicted molar refractivity (Wildman–Crippen MR) is 118 cm³/mol. The van der Waals surface area contributed by atoms with Crippen molar-refractivity contribution in [3.05, 3.63) is 91.0 Å². The van der Waals surface area contributed by atoms with Gasteiger partial charge in [-0.1, -0.05) is 0 Å². The number of nitrogens with zero attached hydrogens (tertiary/aromatic N) is 1. The molecule has 0 saturated heterocycles. The molecule has 0 radical (unpaired) electrons. The molecule has 0 unspecified atom stereocenters. The van der Waals surface area contributed by atoms with E-state index in [0.717, 1.165) is 4.32 Å². The van der Waals surface area contributed by atoms with Gasteiger partial charge in [0.05, 0.1) is 0 Å². The van der Waals surface area contributed by atoms with E-state index in [2.05, 4.69) is 95.9 Å². The van der Waals surface area contributed by atoms with Crippen LogP contribution in [0.25, 0.3) is 0 Å². The second kappa shape index (κ2) is 8.38. The van der Waals surface area contributed by atoms with Crippen molar-refractivity contribution >= 4 is 53.2 Å². The first-order valence-corrected chi connectivity index (χ1v) is 15.5. The molecule has 3 aromatic rings. The van der Waals surface area contributed by atoms with E-state index in [0.29, 0.717) is 0 Å². The van der Waals surface area contributed by atoms with Crippen molar-refractivity contribution in [2.24, 2.45) is 0 Å². The van der Waals surface area contributed by atoms with Gasteiger partial charge in [-0.25, -0.2) is 0 Å². The summed E-state index contributed by atoms with van der Waals surface area (Å²) in [5.41, 5.74) is 0. The zero-order chi connectivity index (χ0) is 17.7. The molecular weight excluding hydrogens is 458 g/mol. The summed E-state index contributed by atoms with van der Waals surface area (Å²) in [7, 11) is 5.97. The standard InChI is InChI=1S/C21H21NS2Te/c1-22(2)21(23)24-25(18-12-6-3-7-13-18,19-14-8-4-9-15-19)20-16-10-5-11-17-20/h3-17H,1-2H3. The SMILES string of the molecule is CN(C)C(=S)S[Te](c1ccccc1)(c1ccccc1)c1ccccc1. The van der Waals surface area contributed by atoms with Gasteiger partial charge in [0.25, 0.3) is 0 Å². The molecule has 25 heavy (non-hydrogen) atoms. The molecule has 0 aromatic heterocycles. The summed E-state index contributed by atoms with van der Waals surface area (Å²) in [4.78, 5) is 2.05. The average Bonchev–Trinajstić information content (AvgIpc) is 2.68. The first-order chi connectivity index (χ1) is 12.1. The number of benzene rings is 3. The maximum atomic E-state index is 5.76. The number of rotatable bonds is 4. The molecule has 0 bridgehead atoms. The molecule has 3 aromatic carbocycles. The van der Waals surface area contributed by atoms with Crippen molar-refractivity contribution in [3.63, 3.8) is 0 Å². The molecule has 0 amide bonds. The minimum absolute atomic E-state index is 0.942. The van der Waals surface area contributed by atoms with Gasteiger partial charge in [0.2, 0.25) is 0 Å². The summed E-state index contributed by atoms with van der Waals surface area (Å²) < 4.78 is 5.18. The van der Waals surface area contributed by atoms with Gasteiger partial charge in [0, 0.05) is 0 Å². The Morgan fingerprint density at radius 1 is 0.680 bits per heavy atom. The predicted octanol–water partition coefficient (Wildman–Crippen LogP) is 3.23. The van der Waals surface area contributed by atoms with Crippen LogP contribution in [-0.2, 0) is 0 Å². The molecule has 0 fully saturated rings. The van der Waals surface area contributed by atoms with Crippen molar-refractivity contribution in [1.29, 1.82) is 0 Å². The Balaban J connectivity index is 2.29. The van der Waals surface area contributed by atoms with Gasteiger partial charge in [-0.2, -0.15) is 0 Å². The zero-order valence-corrected chi connectivity index (χ0v) is 18.3. The molecule has 0 N–H and O–H groups in total. The molecule has 0 aliphatic carbocycles. The summed E-state index contributed by atoms with van der Waals surface area (Å²) >= 11 is 2.74. The minimum atomic E-state index is -3.03. The van der Waals surface area contributed by atoms with E-state index < -0.39 is 16.8 Å². The van der Waals surface area contributed by atoms with Gasteiger partial charge in [-0.3, -0.25) is 0 Å². The van der Waals surface area contributed by atoms with Crippen LogP contribution in [0.2, 0.25) is 0 Å². The van der Waals surface area contributed by atoms with E-state index >= 15 is 0 Å². The molecule has 1 nitrogen and oxygen atoms in total. The summed E-state index contributed by atoms with van der Waals surface area (Å²) in [6, 6.07) is 32.7. The molecule has 0 spiro atoms. The second-order valence-electron chi connectivity index (χ2n) is 5.74. The first-order valence-electron chi connectivity index (χ1n) is 8.04. The summed E-state index contributed by atoms with van der Waals surface area (Å²) in [5.74, 6) is 0. The van der Waals surface area contributed by atoms with Gasteiger partial charge in [0.15, 0.2) is 0 Å². The van der Waals surface area contributed by atoms with Gasteiger partial charge in [-0.05, 0) is 0 Å². The molecule has 0 saturated carbocycles. The van der Waals surface area contributed by atoms with Crippen LogP contribution in [0.3, 0.4) is 0 Å². The Bertz CT molecular complexity index is 724. The summed E-state index contributed by atoms with van der Waals surface area (Å²) in [6.07, 6.45) is 0. The fraction of sp³-hybridized carbons (Fsp3) is 0.0952. The number of hydrogen-bond donors (Lipinski definition) is 0. The van der Waals surface area contributed by atoms with Crippen LogP contribution in [0.5, 0.6) is 0 Å². The van der Waals surface area contributed by atoms with E-state index in [-0.39, 0.29) is 0 Å². The maximum absolute atomic E-state index is 5.76. The van der Waals surface area contributed by atoms with E-state index in [1.165, 1.54) is 10.8 Å². The van der Waals surface area contributed by atoms with E-state index in [1.54, 1.807) is 0 Å². The van der Waals surface area contributed by atoms with Crippen molar-refractivity contribution in [2.45, 2.75) is 0 Å². The first kappa shape index (κ1) is 18.5. The summed E-state index contributed by atoms with van der Waals surface area (Å²) in [5, 5.41) is 0. The van der Waals surface area contributed by atoms with Crippen LogP contribution in [0.4, 0.5) is 0 Å². The molecule has 0 atom stereocenters. The average molecular weight is 479 g/mol. The molecule has 128 valence electrons.